The van der Waals surface area contributed by atoms with Gasteiger partial charge in [-0.1, -0.05) is 30.3 Å². The van der Waals surface area contributed by atoms with Gasteiger partial charge in [-0.25, -0.2) is 0 Å². The second kappa shape index (κ2) is 8.02. The van der Waals surface area contributed by atoms with Crippen LogP contribution in [0.25, 0.3) is 0 Å². The molecule has 132 valence electrons. The maximum absolute atomic E-state index is 11.4. The SMILES string of the molecule is COc1ccc(Oc2ccc(OCc3ccccc3)cc2[N+](=O)[O-])cc1. The van der Waals surface area contributed by atoms with Gasteiger partial charge in [0.15, 0.2) is 0 Å². The lowest BCUT2D eigenvalue weighted by Crippen LogP contribution is -1.98. The maximum atomic E-state index is 11.4. The van der Waals surface area contributed by atoms with Gasteiger partial charge in [0.05, 0.1) is 18.1 Å². The van der Waals surface area contributed by atoms with E-state index < -0.39 is 4.92 Å². The topological polar surface area (TPSA) is 70.8 Å². The Hall–Kier alpha value is -3.54. The summed E-state index contributed by atoms with van der Waals surface area (Å²) in [6.45, 7) is 0.330. The fourth-order valence-corrected chi connectivity index (χ4v) is 2.33. The Balaban J connectivity index is 1.76. The molecule has 0 heterocycles. The highest BCUT2D eigenvalue weighted by Gasteiger charge is 2.17. The highest BCUT2D eigenvalue weighted by molar-refractivity contribution is 5.52. The number of ether oxygens (including phenoxy) is 3. The summed E-state index contributed by atoms with van der Waals surface area (Å²) in [5.41, 5.74) is 0.820. The minimum absolute atomic E-state index is 0.146. The highest BCUT2D eigenvalue weighted by atomic mass is 16.6. The third-order valence-corrected chi connectivity index (χ3v) is 3.66. The molecule has 0 amide bonds. The van der Waals surface area contributed by atoms with Crippen LogP contribution in [0, 0.1) is 10.1 Å². The van der Waals surface area contributed by atoms with Crippen molar-refractivity contribution >= 4 is 5.69 Å². The molecule has 0 N–H and O–H groups in total. The first-order valence-electron chi connectivity index (χ1n) is 7.93. The molecule has 6 heteroatoms. The van der Waals surface area contributed by atoms with Crippen molar-refractivity contribution in [1.82, 2.24) is 0 Å². The Labute approximate surface area is 150 Å². The average molecular weight is 351 g/mol. The number of nitrogens with zero attached hydrogens (tertiary/aromatic N) is 1. The number of benzene rings is 3. The van der Waals surface area contributed by atoms with Crippen molar-refractivity contribution in [3.05, 3.63) is 88.5 Å². The molecule has 0 fully saturated rings. The molecule has 0 saturated carbocycles. The Morgan fingerprint density at radius 1 is 0.885 bits per heavy atom. The van der Waals surface area contributed by atoms with Crippen LogP contribution in [0.15, 0.2) is 72.8 Å². The minimum Gasteiger partial charge on any atom is -0.497 e. The first-order valence-corrected chi connectivity index (χ1v) is 7.93. The van der Waals surface area contributed by atoms with E-state index in [9.17, 15) is 10.1 Å². The first kappa shape index (κ1) is 17.3. The van der Waals surface area contributed by atoms with E-state index >= 15 is 0 Å². The minimum atomic E-state index is -0.492. The molecule has 0 aromatic heterocycles. The van der Waals surface area contributed by atoms with Crippen LogP contribution in [-0.4, -0.2) is 12.0 Å². The Kier molecular flexibility index (Phi) is 5.34. The van der Waals surface area contributed by atoms with Gasteiger partial charge in [-0.2, -0.15) is 0 Å². The summed E-state index contributed by atoms with van der Waals surface area (Å²) in [5, 5.41) is 11.4. The molecular weight excluding hydrogens is 334 g/mol. The van der Waals surface area contributed by atoms with Gasteiger partial charge in [0, 0.05) is 0 Å². The van der Waals surface area contributed by atoms with Crippen molar-refractivity contribution in [3.63, 3.8) is 0 Å². The molecule has 3 aromatic rings. The number of nitro benzene ring substituents is 1. The second-order valence-electron chi connectivity index (χ2n) is 5.44. The zero-order chi connectivity index (χ0) is 18.4. The predicted octanol–water partition coefficient (Wildman–Crippen LogP) is 4.97. The van der Waals surface area contributed by atoms with Crippen LogP contribution in [0.4, 0.5) is 5.69 Å². The maximum Gasteiger partial charge on any atom is 0.315 e. The third kappa shape index (κ3) is 4.30. The molecule has 0 radical (unpaired) electrons. The number of nitro groups is 1. The molecule has 6 nitrogen and oxygen atoms in total. The fraction of sp³-hybridized carbons (Fsp3) is 0.100. The largest absolute Gasteiger partial charge is 0.497 e. The lowest BCUT2D eigenvalue weighted by atomic mass is 10.2. The van der Waals surface area contributed by atoms with Gasteiger partial charge in [0.1, 0.15) is 23.9 Å². The van der Waals surface area contributed by atoms with E-state index in [1.54, 1.807) is 37.4 Å². The van der Waals surface area contributed by atoms with Crippen molar-refractivity contribution < 1.29 is 19.1 Å². The molecule has 0 unspecified atom stereocenters. The van der Waals surface area contributed by atoms with Crippen LogP contribution in [0.1, 0.15) is 5.56 Å². The van der Waals surface area contributed by atoms with Crippen molar-refractivity contribution in [1.29, 1.82) is 0 Å². The van der Waals surface area contributed by atoms with E-state index in [2.05, 4.69) is 0 Å². The van der Waals surface area contributed by atoms with Gasteiger partial charge in [-0.3, -0.25) is 10.1 Å². The molecule has 0 atom stereocenters. The summed E-state index contributed by atoms with van der Waals surface area (Å²) in [7, 11) is 1.56. The third-order valence-electron chi connectivity index (χ3n) is 3.66. The molecule has 26 heavy (non-hydrogen) atoms. The number of rotatable bonds is 7. The molecule has 0 spiro atoms. The van der Waals surface area contributed by atoms with Crippen LogP contribution in [0.3, 0.4) is 0 Å². The molecule has 3 aromatic carbocycles. The Morgan fingerprint density at radius 3 is 2.19 bits per heavy atom. The number of hydrogen-bond acceptors (Lipinski definition) is 5. The van der Waals surface area contributed by atoms with Crippen LogP contribution in [0.5, 0.6) is 23.0 Å². The van der Waals surface area contributed by atoms with Crippen molar-refractivity contribution in [2.75, 3.05) is 7.11 Å². The first-order chi connectivity index (χ1) is 12.7. The smallest absolute Gasteiger partial charge is 0.315 e. The lowest BCUT2D eigenvalue weighted by Gasteiger charge is -2.10. The summed E-state index contributed by atoms with van der Waals surface area (Å²) in [6.07, 6.45) is 0. The van der Waals surface area contributed by atoms with Gasteiger partial charge in [-0.15, -0.1) is 0 Å². The van der Waals surface area contributed by atoms with Gasteiger partial charge in [0.25, 0.3) is 0 Å². The van der Waals surface area contributed by atoms with Crippen LogP contribution in [-0.2, 0) is 6.61 Å². The van der Waals surface area contributed by atoms with E-state index in [0.29, 0.717) is 23.9 Å². The average Bonchev–Trinajstić information content (AvgIpc) is 2.68. The van der Waals surface area contributed by atoms with Crippen LogP contribution in [0.2, 0.25) is 0 Å². The fourth-order valence-electron chi connectivity index (χ4n) is 2.33. The molecule has 0 bridgehead atoms. The number of methoxy groups -OCH3 is 1. The van der Waals surface area contributed by atoms with E-state index in [1.165, 1.54) is 12.1 Å². The highest BCUT2D eigenvalue weighted by Crippen LogP contribution is 2.35. The summed E-state index contributed by atoms with van der Waals surface area (Å²) in [6, 6.07) is 20.9. The predicted molar refractivity (Wildman–Crippen MR) is 96.9 cm³/mol. The Morgan fingerprint density at radius 2 is 1.54 bits per heavy atom. The van der Waals surface area contributed by atoms with Crippen LogP contribution < -0.4 is 14.2 Å². The van der Waals surface area contributed by atoms with Crippen molar-refractivity contribution in [2.45, 2.75) is 6.61 Å². The quantitative estimate of drug-likeness (QED) is 0.444. The van der Waals surface area contributed by atoms with E-state index in [4.69, 9.17) is 14.2 Å². The monoisotopic (exact) mass is 351 g/mol. The normalized spacial score (nSPS) is 10.2. The van der Waals surface area contributed by atoms with E-state index in [-0.39, 0.29) is 11.4 Å². The summed E-state index contributed by atoms with van der Waals surface area (Å²) in [5.74, 6) is 1.71. The van der Waals surface area contributed by atoms with E-state index in [0.717, 1.165) is 5.56 Å². The summed E-state index contributed by atoms with van der Waals surface area (Å²) in [4.78, 5) is 10.9. The molecular formula is C20H17NO5. The van der Waals surface area contributed by atoms with Crippen LogP contribution >= 0.6 is 0 Å². The lowest BCUT2D eigenvalue weighted by molar-refractivity contribution is -0.385. The van der Waals surface area contributed by atoms with Crippen molar-refractivity contribution in [3.8, 4) is 23.0 Å². The van der Waals surface area contributed by atoms with Gasteiger partial charge < -0.3 is 14.2 Å². The molecule has 3 rings (SSSR count). The zero-order valence-electron chi connectivity index (χ0n) is 14.1. The standard InChI is InChI=1S/C20H17NO5/c1-24-16-7-9-17(10-8-16)26-20-12-11-18(13-19(20)21(22)23)25-14-15-5-3-2-4-6-15/h2-13H,14H2,1H3. The Bertz CT molecular complexity index is 878. The second-order valence-corrected chi connectivity index (χ2v) is 5.44. The van der Waals surface area contributed by atoms with Crippen molar-refractivity contribution in [2.24, 2.45) is 0 Å². The molecule has 0 saturated heterocycles. The molecule has 0 aliphatic carbocycles. The van der Waals surface area contributed by atoms with E-state index in [1.807, 2.05) is 30.3 Å². The summed E-state index contributed by atoms with van der Waals surface area (Å²) >= 11 is 0. The zero-order valence-corrected chi connectivity index (χ0v) is 14.1. The molecule has 0 aliphatic rings. The summed E-state index contributed by atoms with van der Waals surface area (Å²) < 4.78 is 16.4. The van der Waals surface area contributed by atoms with Gasteiger partial charge >= 0.3 is 5.69 Å². The number of hydrogen-bond donors (Lipinski definition) is 0. The van der Waals surface area contributed by atoms with Gasteiger partial charge in [0.2, 0.25) is 5.75 Å². The molecule has 0 aliphatic heterocycles. The van der Waals surface area contributed by atoms with Gasteiger partial charge in [-0.05, 0) is 42.0 Å².